The van der Waals surface area contributed by atoms with Gasteiger partial charge in [-0.2, -0.15) is 0 Å². The van der Waals surface area contributed by atoms with Crippen LogP contribution in [-0.2, 0) is 77.0 Å². The summed E-state index contributed by atoms with van der Waals surface area (Å²) >= 11 is 0. The zero-order valence-electron chi connectivity index (χ0n) is 66.0. The van der Waals surface area contributed by atoms with Crippen LogP contribution in [0, 0.1) is 58.7 Å². The first-order chi connectivity index (χ1) is 50.7. The predicted octanol–water partition coefficient (Wildman–Crippen LogP) is 17.3. The number of fused-ring (bicyclic) bond motifs is 8. The third kappa shape index (κ3) is 24.6. The van der Waals surface area contributed by atoms with Crippen LogP contribution in [0.25, 0.3) is 11.1 Å². The van der Waals surface area contributed by atoms with Gasteiger partial charge in [0.25, 0.3) is 0 Å². The SMILES string of the molecule is C=CC(=O)OCC(COC(=O)C(C)(C)CC)OC(=O)C1CC=CCC1C(=O)O.C=CC(=O)OCC(O)COC(=O)C(C)(C)CC.CCC(C)(C)C(=O)OC1CC2CC1C1CCCC21.CCC(C)c1ccccc1.CCCC1(CCC)c2ccccc2-c2ccc(C(=O)/C(=N/OC(C)=O)c3ccccc3C)cc21. The largest absolute Gasteiger partial charge is 0.481 e. The summed E-state index contributed by atoms with van der Waals surface area (Å²) in [5, 5.41) is 22.7. The molecule has 2 N–H and O–H groups in total. The molecular weight excluding hydrogens is 1360 g/mol. The lowest BCUT2D eigenvalue weighted by atomic mass is 9.71. The molecule has 5 aliphatic rings. The van der Waals surface area contributed by atoms with Gasteiger partial charge in [-0.1, -0.05) is 189 Å². The van der Waals surface area contributed by atoms with E-state index < -0.39 is 70.7 Å². The number of carbonyl (C=O) groups is 9. The molecule has 0 radical (unpaired) electrons. The molecule has 0 amide bonds. The smallest absolute Gasteiger partial charge is 0.332 e. The lowest BCUT2D eigenvalue weighted by Gasteiger charge is -2.33. The fourth-order valence-corrected chi connectivity index (χ4v) is 14.3. The number of carboxylic acid groups (broad SMARTS) is 1. The summed E-state index contributed by atoms with van der Waals surface area (Å²) in [4.78, 5) is 112. The number of ketones is 1. The van der Waals surface area contributed by atoms with Gasteiger partial charge in [0, 0.05) is 35.6 Å². The van der Waals surface area contributed by atoms with Crippen molar-refractivity contribution < 1.29 is 86.6 Å². The van der Waals surface area contributed by atoms with Crippen LogP contribution >= 0.6 is 0 Å². The number of ether oxygens (including phenoxy) is 6. The molecule has 5 aliphatic carbocycles. The fraction of sp³-hybridized carbons (Fsp3) is 0.545. The second-order valence-corrected chi connectivity index (χ2v) is 30.7. The van der Waals surface area contributed by atoms with Crippen LogP contribution in [0.2, 0.25) is 0 Å². The van der Waals surface area contributed by atoms with Crippen LogP contribution in [0.5, 0.6) is 0 Å². The van der Waals surface area contributed by atoms with Gasteiger partial charge in [0.1, 0.15) is 38.6 Å². The van der Waals surface area contributed by atoms with Crippen molar-refractivity contribution in [1.29, 1.82) is 0 Å². The molecule has 3 fully saturated rings. The summed E-state index contributed by atoms with van der Waals surface area (Å²) in [5.74, 6) is -2.43. The fourth-order valence-electron chi connectivity index (χ4n) is 14.3. The number of hydrogen-bond donors (Lipinski definition) is 2. The van der Waals surface area contributed by atoms with E-state index in [0.29, 0.717) is 35.8 Å². The van der Waals surface area contributed by atoms with Crippen molar-refractivity contribution in [3.8, 4) is 11.1 Å². The van der Waals surface area contributed by atoms with E-state index in [1.54, 1.807) is 39.8 Å². The average Bonchev–Trinajstić information content (AvgIpc) is 1.35. The van der Waals surface area contributed by atoms with Crippen LogP contribution < -0.4 is 0 Å². The number of benzene rings is 4. The van der Waals surface area contributed by atoms with Crippen LogP contribution in [0.3, 0.4) is 0 Å². The number of esters is 6. The van der Waals surface area contributed by atoms with Gasteiger partial charge in [-0.05, 0) is 195 Å². The zero-order chi connectivity index (χ0) is 79.4. The van der Waals surface area contributed by atoms with Crippen LogP contribution in [0.4, 0.5) is 0 Å². The number of carbonyl (C=O) groups excluding carboxylic acids is 8. The molecule has 0 spiro atoms. The van der Waals surface area contributed by atoms with Crippen molar-refractivity contribution in [3.05, 3.63) is 168 Å². The minimum atomic E-state index is -1.09. The van der Waals surface area contributed by atoms with Gasteiger partial charge in [-0.25, -0.2) is 14.4 Å². The van der Waals surface area contributed by atoms with Crippen molar-refractivity contribution in [1.82, 2.24) is 0 Å². The van der Waals surface area contributed by atoms with E-state index in [1.165, 1.54) is 66.8 Å². The van der Waals surface area contributed by atoms with Crippen molar-refractivity contribution in [3.63, 3.8) is 0 Å². The summed E-state index contributed by atoms with van der Waals surface area (Å²) < 4.78 is 30.9. The van der Waals surface area contributed by atoms with E-state index >= 15 is 0 Å². The molecule has 584 valence electrons. The van der Waals surface area contributed by atoms with E-state index in [4.69, 9.17) is 28.5 Å². The van der Waals surface area contributed by atoms with Gasteiger partial charge in [0.2, 0.25) is 5.78 Å². The van der Waals surface area contributed by atoms with Gasteiger partial charge < -0.3 is 43.5 Å². The Morgan fingerprint density at radius 2 is 1.14 bits per heavy atom. The standard InChI is InChI=1S/C30H31NO3.C20H28O8.C16H26O2.C12H20O5.C10H14/c1-5-17-30(18-6-2)26-14-10-9-13-24(26)25-16-15-22(19-27(25)30)29(33)28(31-34-21(4)32)23-12-8-7-11-20(23)3;1-5-16(21)26-11-13(12-27-19(25)20(3,4)6-2)28-18(24)15-10-8-7-9-14(15)17(22)23;1-4-16(2,3)15(17)18-14-9-10-8-13(14)12-7-5-6-11(10)12;1-5-10(14)16-7-9(13)8-17-11(15)12(3,4)6-2;1-3-9(2)10-7-5-4-6-8-10/h7-16,19H,5-6,17-18H2,1-4H3;5,7-8,13-15H,1,6,9-12H2,2-4H3,(H,22,23);10-14H,4-9H2,1-3H3;5,9,13H,1,6-8H2,2-4H3;4-9H,3H2,1-2H3/b31-28+;;;;. The predicted molar refractivity (Wildman–Crippen MR) is 414 cm³/mol. The Morgan fingerprint density at radius 3 is 1.71 bits per heavy atom. The molecule has 9 rings (SSSR count). The molecule has 4 aromatic carbocycles. The summed E-state index contributed by atoms with van der Waals surface area (Å²) in [6, 6.07) is 32.7. The lowest BCUT2D eigenvalue weighted by Crippen LogP contribution is -2.38. The van der Waals surface area contributed by atoms with Crippen molar-refractivity contribution in [2.45, 2.75) is 230 Å². The average molecular weight is 1480 g/mol. The Bertz CT molecular complexity index is 3720. The first-order valence-electron chi connectivity index (χ1n) is 38.3. The summed E-state index contributed by atoms with van der Waals surface area (Å²) in [6.07, 6.45) is 18.2. The Balaban J connectivity index is 0.000000253. The van der Waals surface area contributed by atoms with Crippen molar-refractivity contribution >= 4 is 59.2 Å². The number of aliphatic hydroxyl groups excluding tert-OH is 1. The van der Waals surface area contributed by atoms with E-state index in [1.807, 2.05) is 71.0 Å². The third-order valence-electron chi connectivity index (χ3n) is 22.0. The van der Waals surface area contributed by atoms with E-state index in [0.717, 1.165) is 74.0 Å². The molecule has 4 aromatic rings. The van der Waals surface area contributed by atoms with Gasteiger partial charge in [-0.15, -0.1) is 0 Å². The number of aliphatic carboxylic acids is 1. The van der Waals surface area contributed by atoms with Gasteiger partial charge >= 0.3 is 47.8 Å². The number of aliphatic hydroxyl groups is 1. The number of oxime groups is 1. The van der Waals surface area contributed by atoms with Gasteiger partial charge in [0.05, 0.1) is 28.1 Å². The number of Topliss-reactive ketones (excluding diaryl/α,β-unsaturated/α-hetero) is 1. The Labute approximate surface area is 635 Å². The molecule has 19 nitrogen and oxygen atoms in total. The van der Waals surface area contributed by atoms with Crippen LogP contribution in [-0.4, -0.2) is 114 Å². The highest BCUT2D eigenvalue weighted by atomic mass is 16.7. The van der Waals surface area contributed by atoms with Gasteiger partial charge in [0.15, 0.2) is 11.8 Å². The molecular formula is C88H119NO18. The maximum Gasteiger partial charge on any atom is 0.332 e. The second-order valence-electron chi connectivity index (χ2n) is 30.7. The molecule has 19 heteroatoms. The van der Waals surface area contributed by atoms with Crippen molar-refractivity contribution in [2.24, 2.45) is 56.9 Å². The Morgan fingerprint density at radius 1 is 0.617 bits per heavy atom. The number of aryl methyl sites for hydroxylation is 1. The normalized spacial score (nSPS) is 19.9. The number of carboxylic acids is 1. The van der Waals surface area contributed by atoms with Crippen LogP contribution in [0.1, 0.15) is 237 Å². The Hall–Kier alpha value is -8.84. The van der Waals surface area contributed by atoms with E-state index in [9.17, 15) is 53.4 Å². The number of nitrogens with zero attached hydrogens (tertiary/aromatic N) is 1. The van der Waals surface area contributed by atoms with E-state index in [2.05, 4.69) is 118 Å². The van der Waals surface area contributed by atoms with Gasteiger partial charge in [-0.3, -0.25) is 28.8 Å². The van der Waals surface area contributed by atoms with Crippen LogP contribution in [0.15, 0.2) is 140 Å². The molecule has 0 saturated heterocycles. The first kappa shape index (κ1) is 88.8. The third-order valence-corrected chi connectivity index (χ3v) is 22.0. The Kier molecular flexibility index (Phi) is 34.9. The maximum absolute atomic E-state index is 13.8. The minimum Gasteiger partial charge on any atom is -0.481 e. The molecule has 0 heterocycles. The lowest BCUT2D eigenvalue weighted by molar-refractivity contribution is -0.174. The number of allylic oxidation sites excluding steroid dienone is 2. The monoisotopic (exact) mass is 1480 g/mol. The topological polar surface area (TPSA) is 271 Å². The maximum atomic E-state index is 13.8. The summed E-state index contributed by atoms with van der Waals surface area (Å²) in [6.45, 7) is 34.3. The highest BCUT2D eigenvalue weighted by molar-refractivity contribution is 6.51. The molecule has 0 aliphatic heterocycles. The minimum absolute atomic E-state index is 0.0251. The highest BCUT2D eigenvalue weighted by Crippen LogP contribution is 2.60. The summed E-state index contributed by atoms with van der Waals surface area (Å²) in [7, 11) is 0. The molecule has 2 bridgehead atoms. The first-order valence-corrected chi connectivity index (χ1v) is 38.3. The highest BCUT2D eigenvalue weighted by Gasteiger charge is 2.55. The molecule has 10 atom stereocenters. The molecule has 107 heavy (non-hydrogen) atoms. The second kappa shape index (κ2) is 42.1. The zero-order valence-corrected chi connectivity index (χ0v) is 66.0. The molecule has 3 saturated carbocycles. The summed E-state index contributed by atoms with van der Waals surface area (Å²) in [5.41, 5.74) is 7.00. The van der Waals surface area contributed by atoms with E-state index in [-0.39, 0.29) is 79.6 Å². The molecule has 0 aromatic heterocycles. The number of hydrogen-bond acceptors (Lipinski definition) is 18. The molecule has 10 unspecified atom stereocenters. The van der Waals surface area contributed by atoms with Crippen molar-refractivity contribution in [2.75, 3.05) is 26.4 Å². The number of rotatable bonds is 30. The quantitative estimate of drug-likeness (QED) is 0.00717.